The highest BCUT2D eigenvalue weighted by Gasteiger charge is 2.43. The molecule has 2 amide bonds. The van der Waals surface area contributed by atoms with Crippen molar-refractivity contribution in [1.29, 1.82) is 0 Å². The Kier molecular flexibility index (Phi) is 3.67. The maximum absolute atomic E-state index is 12.5. The standard InChI is InChI=1S/C14H17N3O4/c1-14(2)13(21)16(3)6-7-17(14)11(18)9-4-5-10(12(19)20)15-8-9/h4-5,8H,6-7H2,1-3H3,(H,19,20). The van der Waals surface area contributed by atoms with Crippen molar-refractivity contribution in [3.05, 3.63) is 29.6 Å². The van der Waals surface area contributed by atoms with Crippen molar-refractivity contribution in [2.75, 3.05) is 20.1 Å². The number of carbonyl (C=O) groups is 3. The van der Waals surface area contributed by atoms with E-state index in [9.17, 15) is 14.4 Å². The molecule has 1 saturated heterocycles. The zero-order valence-electron chi connectivity index (χ0n) is 12.2. The zero-order chi connectivity index (χ0) is 15.8. The van der Waals surface area contributed by atoms with Crippen LogP contribution in [0.1, 0.15) is 34.7 Å². The third kappa shape index (κ3) is 2.58. The molecule has 1 aromatic heterocycles. The van der Waals surface area contributed by atoms with Gasteiger partial charge in [0.25, 0.3) is 5.91 Å². The third-order valence-corrected chi connectivity index (χ3v) is 3.68. The predicted molar refractivity (Wildman–Crippen MR) is 73.9 cm³/mol. The Morgan fingerprint density at radius 2 is 1.95 bits per heavy atom. The summed E-state index contributed by atoms with van der Waals surface area (Å²) in [6.07, 6.45) is 1.23. The molecule has 0 aliphatic carbocycles. The number of pyridine rings is 1. The van der Waals surface area contributed by atoms with E-state index < -0.39 is 11.5 Å². The summed E-state index contributed by atoms with van der Waals surface area (Å²) >= 11 is 0. The minimum atomic E-state index is -1.15. The van der Waals surface area contributed by atoms with E-state index in [0.29, 0.717) is 13.1 Å². The van der Waals surface area contributed by atoms with Gasteiger partial charge in [-0.3, -0.25) is 9.59 Å². The largest absolute Gasteiger partial charge is 0.477 e. The first-order valence-electron chi connectivity index (χ1n) is 6.52. The first kappa shape index (κ1) is 15.0. The van der Waals surface area contributed by atoms with Crippen LogP contribution in [0, 0.1) is 0 Å². The van der Waals surface area contributed by atoms with Gasteiger partial charge in [-0.15, -0.1) is 0 Å². The van der Waals surface area contributed by atoms with Gasteiger partial charge in [0.2, 0.25) is 5.91 Å². The molecular weight excluding hydrogens is 274 g/mol. The molecule has 0 atom stereocenters. The van der Waals surface area contributed by atoms with Gasteiger partial charge < -0.3 is 14.9 Å². The number of aromatic nitrogens is 1. The van der Waals surface area contributed by atoms with Crippen molar-refractivity contribution in [2.24, 2.45) is 0 Å². The number of hydrogen-bond acceptors (Lipinski definition) is 4. The van der Waals surface area contributed by atoms with Crippen LogP contribution < -0.4 is 0 Å². The molecule has 1 aliphatic rings. The van der Waals surface area contributed by atoms with Crippen LogP contribution in [0.2, 0.25) is 0 Å². The Hall–Kier alpha value is -2.44. The van der Waals surface area contributed by atoms with Gasteiger partial charge in [-0.2, -0.15) is 0 Å². The van der Waals surface area contributed by atoms with Gasteiger partial charge in [0.15, 0.2) is 0 Å². The topological polar surface area (TPSA) is 90.8 Å². The molecule has 1 aliphatic heterocycles. The summed E-state index contributed by atoms with van der Waals surface area (Å²) in [7, 11) is 1.70. The van der Waals surface area contributed by atoms with Crippen molar-refractivity contribution >= 4 is 17.8 Å². The number of piperazine rings is 1. The normalized spacial score (nSPS) is 17.8. The van der Waals surface area contributed by atoms with E-state index in [1.54, 1.807) is 25.8 Å². The van der Waals surface area contributed by atoms with Crippen LogP contribution in [-0.4, -0.2) is 63.4 Å². The van der Waals surface area contributed by atoms with Gasteiger partial charge in [0.05, 0.1) is 5.56 Å². The summed E-state index contributed by atoms with van der Waals surface area (Å²) < 4.78 is 0. The van der Waals surface area contributed by atoms with Crippen molar-refractivity contribution in [3.63, 3.8) is 0 Å². The number of rotatable bonds is 2. The fourth-order valence-corrected chi connectivity index (χ4v) is 2.37. The summed E-state index contributed by atoms with van der Waals surface area (Å²) in [4.78, 5) is 42.3. The van der Waals surface area contributed by atoms with Gasteiger partial charge in [-0.05, 0) is 26.0 Å². The Bertz CT molecular complexity index is 595. The van der Waals surface area contributed by atoms with E-state index in [2.05, 4.69) is 4.98 Å². The number of likely N-dealkylation sites (N-methyl/N-ethyl adjacent to an activating group) is 1. The maximum Gasteiger partial charge on any atom is 0.354 e. The van der Waals surface area contributed by atoms with Crippen molar-refractivity contribution in [3.8, 4) is 0 Å². The Morgan fingerprint density at radius 3 is 2.48 bits per heavy atom. The first-order chi connectivity index (χ1) is 9.75. The van der Waals surface area contributed by atoms with Gasteiger partial charge in [-0.1, -0.05) is 0 Å². The highest BCUT2D eigenvalue weighted by molar-refractivity contribution is 5.99. The Morgan fingerprint density at radius 1 is 1.29 bits per heavy atom. The number of hydrogen-bond donors (Lipinski definition) is 1. The van der Waals surface area contributed by atoms with E-state index in [1.165, 1.54) is 23.2 Å². The highest BCUT2D eigenvalue weighted by atomic mass is 16.4. The van der Waals surface area contributed by atoms with Gasteiger partial charge in [-0.25, -0.2) is 9.78 Å². The average Bonchev–Trinajstić information content (AvgIpc) is 2.44. The molecule has 1 N–H and O–H groups in total. The van der Waals surface area contributed by atoms with Crippen LogP contribution in [0.25, 0.3) is 0 Å². The zero-order valence-corrected chi connectivity index (χ0v) is 12.2. The Balaban J connectivity index is 2.27. The van der Waals surface area contributed by atoms with Crippen molar-refractivity contribution in [2.45, 2.75) is 19.4 Å². The number of nitrogens with zero attached hydrogens (tertiary/aromatic N) is 3. The molecule has 7 heteroatoms. The van der Waals surface area contributed by atoms with Gasteiger partial charge in [0.1, 0.15) is 11.2 Å². The van der Waals surface area contributed by atoms with E-state index in [-0.39, 0.29) is 23.1 Å². The molecule has 1 aromatic rings. The minimum absolute atomic E-state index is 0.125. The molecule has 0 unspecified atom stereocenters. The molecule has 21 heavy (non-hydrogen) atoms. The number of carboxylic acid groups (broad SMARTS) is 1. The fraction of sp³-hybridized carbons (Fsp3) is 0.429. The van der Waals surface area contributed by atoms with Gasteiger partial charge >= 0.3 is 5.97 Å². The van der Waals surface area contributed by atoms with E-state index in [1.807, 2.05) is 0 Å². The molecule has 0 spiro atoms. The fourth-order valence-electron chi connectivity index (χ4n) is 2.37. The summed E-state index contributed by atoms with van der Waals surface area (Å²) in [5.74, 6) is -1.60. The lowest BCUT2D eigenvalue weighted by atomic mass is 9.96. The lowest BCUT2D eigenvalue weighted by Crippen LogP contribution is -2.63. The number of carbonyl (C=O) groups excluding carboxylic acids is 2. The van der Waals surface area contributed by atoms with E-state index >= 15 is 0 Å². The summed E-state index contributed by atoms with van der Waals surface area (Å²) in [5, 5.41) is 8.80. The number of carboxylic acids is 1. The highest BCUT2D eigenvalue weighted by Crippen LogP contribution is 2.23. The molecule has 0 bridgehead atoms. The maximum atomic E-state index is 12.5. The second-order valence-corrected chi connectivity index (χ2v) is 5.48. The number of amides is 2. The SMILES string of the molecule is CN1CCN(C(=O)c2ccc(C(=O)O)nc2)C(C)(C)C1=O. The third-order valence-electron chi connectivity index (χ3n) is 3.68. The summed E-state index contributed by atoms with van der Waals surface area (Å²) in [6.45, 7) is 4.28. The first-order valence-corrected chi connectivity index (χ1v) is 6.52. The van der Waals surface area contributed by atoms with Crippen LogP contribution in [-0.2, 0) is 4.79 Å². The number of aromatic carboxylic acids is 1. The molecule has 2 rings (SSSR count). The molecule has 0 radical (unpaired) electrons. The van der Waals surface area contributed by atoms with Crippen LogP contribution >= 0.6 is 0 Å². The smallest absolute Gasteiger partial charge is 0.354 e. The van der Waals surface area contributed by atoms with Crippen molar-refractivity contribution < 1.29 is 19.5 Å². The quantitative estimate of drug-likeness (QED) is 0.855. The van der Waals surface area contributed by atoms with E-state index in [4.69, 9.17) is 5.11 Å². The summed E-state index contributed by atoms with van der Waals surface area (Å²) in [6, 6.07) is 2.69. The molecule has 7 nitrogen and oxygen atoms in total. The molecule has 0 saturated carbocycles. The molecular formula is C14H17N3O4. The average molecular weight is 291 g/mol. The van der Waals surface area contributed by atoms with Crippen LogP contribution in [0.5, 0.6) is 0 Å². The van der Waals surface area contributed by atoms with Crippen molar-refractivity contribution in [1.82, 2.24) is 14.8 Å². The molecule has 2 heterocycles. The van der Waals surface area contributed by atoms with Gasteiger partial charge in [0, 0.05) is 26.3 Å². The lowest BCUT2D eigenvalue weighted by molar-refractivity contribution is -0.144. The second kappa shape index (κ2) is 5.16. The predicted octanol–water partition coefficient (Wildman–Crippen LogP) is 0.473. The lowest BCUT2D eigenvalue weighted by Gasteiger charge is -2.44. The van der Waals surface area contributed by atoms with Crippen LogP contribution in [0.4, 0.5) is 0 Å². The molecule has 0 aromatic carbocycles. The Labute approximate surface area is 122 Å². The van der Waals surface area contributed by atoms with Crippen LogP contribution in [0.15, 0.2) is 18.3 Å². The van der Waals surface area contributed by atoms with E-state index in [0.717, 1.165) is 0 Å². The molecule has 112 valence electrons. The monoisotopic (exact) mass is 291 g/mol. The second-order valence-electron chi connectivity index (χ2n) is 5.48. The summed E-state index contributed by atoms with van der Waals surface area (Å²) in [5.41, 5.74) is -0.791. The van der Waals surface area contributed by atoms with Crippen LogP contribution in [0.3, 0.4) is 0 Å². The molecule has 1 fully saturated rings. The minimum Gasteiger partial charge on any atom is -0.477 e.